The Balaban J connectivity index is 2.43. The van der Waals surface area contributed by atoms with Gasteiger partial charge < -0.3 is 10.7 Å². The summed E-state index contributed by atoms with van der Waals surface area (Å²) in [5.74, 6) is -0.0289. The van der Waals surface area contributed by atoms with Gasteiger partial charge in [0.2, 0.25) is 0 Å². The molecule has 2 rings (SSSR count). The molecule has 0 bridgehead atoms. The van der Waals surface area contributed by atoms with Crippen molar-refractivity contribution in [2.75, 3.05) is 0 Å². The van der Waals surface area contributed by atoms with Gasteiger partial charge in [-0.2, -0.15) is 0 Å². The maximum Gasteiger partial charge on any atom is 0.251 e. The molecule has 19 heavy (non-hydrogen) atoms. The van der Waals surface area contributed by atoms with Gasteiger partial charge in [-0.3, -0.25) is 10.2 Å². The molecule has 0 aliphatic heterocycles. The van der Waals surface area contributed by atoms with Gasteiger partial charge in [0.15, 0.2) is 5.16 Å². The number of rotatable bonds is 3. The first-order valence-corrected chi connectivity index (χ1v) is 6.96. The Labute approximate surface area is 122 Å². The molecule has 0 spiro atoms. The third kappa shape index (κ3) is 3.45. The summed E-state index contributed by atoms with van der Waals surface area (Å²) in [6.07, 6.45) is 0. The first-order chi connectivity index (χ1) is 8.95. The van der Waals surface area contributed by atoms with Crippen molar-refractivity contribution in [2.24, 2.45) is 5.73 Å². The minimum Gasteiger partial charge on any atom is -0.384 e. The van der Waals surface area contributed by atoms with Crippen LogP contribution in [0, 0.1) is 12.3 Å². The molecule has 0 aliphatic carbocycles. The zero-order valence-electron chi connectivity index (χ0n) is 10.0. The second kappa shape index (κ2) is 5.58. The zero-order valence-corrected chi connectivity index (χ0v) is 12.4. The minimum atomic E-state index is -0.198. The van der Waals surface area contributed by atoms with E-state index in [0.29, 0.717) is 16.4 Å². The van der Waals surface area contributed by atoms with Crippen LogP contribution < -0.4 is 11.3 Å². The number of halogens is 1. The Morgan fingerprint density at radius 2 is 2.21 bits per heavy atom. The van der Waals surface area contributed by atoms with Crippen LogP contribution in [-0.4, -0.2) is 15.8 Å². The highest BCUT2D eigenvalue weighted by molar-refractivity contribution is 9.10. The van der Waals surface area contributed by atoms with Gasteiger partial charge in [-0.25, -0.2) is 4.98 Å². The standard InChI is InChI=1S/C12H11BrN4OS/c1-6-4-10(18)17-12(16-6)19-9-3-2-7(13)5-8(9)11(14)15/h2-5H,1H3,(H3,14,15)(H,16,17,18). The van der Waals surface area contributed by atoms with Gasteiger partial charge in [0, 0.05) is 26.7 Å². The van der Waals surface area contributed by atoms with Crippen molar-refractivity contribution in [3.63, 3.8) is 0 Å². The quantitative estimate of drug-likeness (QED) is 0.454. The SMILES string of the molecule is Cc1cc(=O)[nH]c(Sc2ccc(Br)cc2C(=N)N)n1. The second-order valence-electron chi connectivity index (χ2n) is 3.85. The third-order valence-electron chi connectivity index (χ3n) is 2.29. The summed E-state index contributed by atoms with van der Waals surface area (Å²) in [5.41, 5.74) is 6.60. The van der Waals surface area contributed by atoms with Gasteiger partial charge in [-0.15, -0.1) is 0 Å². The van der Waals surface area contributed by atoms with Crippen molar-refractivity contribution in [3.05, 3.63) is 50.3 Å². The van der Waals surface area contributed by atoms with E-state index in [4.69, 9.17) is 11.1 Å². The number of H-pyrrole nitrogens is 1. The summed E-state index contributed by atoms with van der Waals surface area (Å²) in [5, 5.41) is 8.06. The molecule has 5 nitrogen and oxygen atoms in total. The van der Waals surface area contributed by atoms with E-state index in [2.05, 4.69) is 25.9 Å². The summed E-state index contributed by atoms with van der Waals surface area (Å²) in [6.45, 7) is 1.76. The number of amidine groups is 1. The van der Waals surface area contributed by atoms with E-state index in [9.17, 15) is 4.79 Å². The fraction of sp³-hybridized carbons (Fsp3) is 0.0833. The number of nitrogens with one attached hydrogen (secondary N) is 2. The summed E-state index contributed by atoms with van der Waals surface area (Å²) >= 11 is 4.61. The molecule has 4 N–H and O–H groups in total. The van der Waals surface area contributed by atoms with Gasteiger partial charge >= 0.3 is 0 Å². The molecule has 1 heterocycles. The van der Waals surface area contributed by atoms with Crippen LogP contribution in [0.5, 0.6) is 0 Å². The topological polar surface area (TPSA) is 95.6 Å². The van der Waals surface area contributed by atoms with Crippen molar-refractivity contribution < 1.29 is 0 Å². The zero-order chi connectivity index (χ0) is 14.0. The third-order valence-corrected chi connectivity index (χ3v) is 3.74. The van der Waals surface area contributed by atoms with Crippen molar-refractivity contribution in [1.82, 2.24) is 9.97 Å². The Kier molecular flexibility index (Phi) is 4.06. The number of hydrogen-bond donors (Lipinski definition) is 3. The summed E-state index contributed by atoms with van der Waals surface area (Å²) in [4.78, 5) is 19.0. The number of aromatic nitrogens is 2. The second-order valence-corrected chi connectivity index (χ2v) is 5.79. The van der Waals surface area contributed by atoms with Crippen LogP contribution in [0.25, 0.3) is 0 Å². The molecule has 1 aromatic heterocycles. The van der Waals surface area contributed by atoms with E-state index >= 15 is 0 Å². The molecule has 98 valence electrons. The fourth-order valence-corrected chi connectivity index (χ4v) is 2.83. The van der Waals surface area contributed by atoms with Gasteiger partial charge in [-0.05, 0) is 25.1 Å². The monoisotopic (exact) mass is 338 g/mol. The van der Waals surface area contributed by atoms with Gasteiger partial charge in [0.25, 0.3) is 5.56 Å². The lowest BCUT2D eigenvalue weighted by atomic mass is 10.2. The maximum atomic E-state index is 11.4. The molecule has 0 saturated heterocycles. The maximum absolute atomic E-state index is 11.4. The largest absolute Gasteiger partial charge is 0.384 e. The smallest absolute Gasteiger partial charge is 0.251 e. The molecule has 0 unspecified atom stereocenters. The molecular weight excluding hydrogens is 328 g/mol. The molecule has 1 aromatic carbocycles. The molecule has 0 amide bonds. The van der Waals surface area contributed by atoms with Crippen LogP contribution in [0.2, 0.25) is 0 Å². The number of nitrogens with two attached hydrogens (primary N) is 1. The first kappa shape index (κ1) is 13.8. The van der Waals surface area contributed by atoms with E-state index < -0.39 is 0 Å². The lowest BCUT2D eigenvalue weighted by Gasteiger charge is -2.08. The lowest BCUT2D eigenvalue weighted by Crippen LogP contribution is -2.13. The summed E-state index contributed by atoms with van der Waals surface area (Å²) in [7, 11) is 0. The molecular formula is C12H11BrN4OS. The van der Waals surface area contributed by atoms with Gasteiger partial charge in [0.05, 0.1) is 0 Å². The highest BCUT2D eigenvalue weighted by Gasteiger charge is 2.09. The molecule has 0 radical (unpaired) electrons. The van der Waals surface area contributed by atoms with E-state index in [-0.39, 0.29) is 11.4 Å². The lowest BCUT2D eigenvalue weighted by molar-refractivity contribution is 0.905. The highest BCUT2D eigenvalue weighted by atomic mass is 79.9. The van der Waals surface area contributed by atoms with E-state index in [0.717, 1.165) is 9.37 Å². The first-order valence-electron chi connectivity index (χ1n) is 5.35. The average molecular weight is 339 g/mol. The summed E-state index contributed by atoms with van der Waals surface area (Å²) < 4.78 is 0.841. The molecule has 7 heteroatoms. The number of nitrogens with zero attached hydrogens (tertiary/aromatic N) is 1. The average Bonchev–Trinajstić information content (AvgIpc) is 2.30. The van der Waals surface area contributed by atoms with Crippen molar-refractivity contribution >= 4 is 33.5 Å². The molecule has 0 fully saturated rings. The van der Waals surface area contributed by atoms with Gasteiger partial charge in [0.1, 0.15) is 5.84 Å². The van der Waals surface area contributed by atoms with Crippen LogP contribution in [0.1, 0.15) is 11.3 Å². The van der Waals surface area contributed by atoms with Crippen LogP contribution >= 0.6 is 27.7 Å². The number of benzene rings is 1. The number of aryl methyl sites for hydroxylation is 1. The highest BCUT2D eigenvalue weighted by Crippen LogP contribution is 2.29. The van der Waals surface area contributed by atoms with E-state index in [1.807, 2.05) is 12.1 Å². The van der Waals surface area contributed by atoms with Crippen molar-refractivity contribution in [3.8, 4) is 0 Å². The Morgan fingerprint density at radius 1 is 1.47 bits per heavy atom. The van der Waals surface area contributed by atoms with Crippen LogP contribution in [-0.2, 0) is 0 Å². The van der Waals surface area contributed by atoms with Crippen LogP contribution in [0.3, 0.4) is 0 Å². The normalized spacial score (nSPS) is 10.4. The van der Waals surface area contributed by atoms with Crippen LogP contribution in [0.4, 0.5) is 0 Å². The van der Waals surface area contributed by atoms with Crippen molar-refractivity contribution in [2.45, 2.75) is 17.0 Å². The number of hydrogen-bond acceptors (Lipinski definition) is 4. The predicted molar refractivity (Wildman–Crippen MR) is 78.9 cm³/mol. The minimum absolute atomic E-state index is 0.0289. The van der Waals surface area contributed by atoms with E-state index in [1.165, 1.54) is 17.8 Å². The number of nitrogen functional groups attached to an aromatic ring is 1. The van der Waals surface area contributed by atoms with Gasteiger partial charge in [-0.1, -0.05) is 27.7 Å². The molecule has 2 aromatic rings. The van der Waals surface area contributed by atoms with Crippen LogP contribution in [0.15, 0.2) is 43.6 Å². The molecule has 0 aliphatic rings. The Morgan fingerprint density at radius 3 is 2.84 bits per heavy atom. The summed E-state index contributed by atoms with van der Waals surface area (Å²) in [6, 6.07) is 6.87. The Bertz CT molecular complexity index is 698. The van der Waals surface area contributed by atoms with E-state index in [1.54, 1.807) is 13.0 Å². The Hall–Kier alpha value is -1.60. The molecule has 0 saturated carbocycles. The fourth-order valence-electron chi connectivity index (χ4n) is 1.51. The molecule has 0 atom stereocenters. The number of aromatic amines is 1. The van der Waals surface area contributed by atoms with Crippen molar-refractivity contribution in [1.29, 1.82) is 5.41 Å². The predicted octanol–water partition coefficient (Wildman–Crippen LogP) is 2.28.